The molecule has 2 aromatic rings. The molecule has 30 heavy (non-hydrogen) atoms. The van der Waals surface area contributed by atoms with Gasteiger partial charge in [-0.15, -0.1) is 0 Å². The van der Waals surface area contributed by atoms with Crippen LogP contribution in [0.25, 0.3) is 0 Å². The molecule has 1 fully saturated rings. The summed E-state index contributed by atoms with van der Waals surface area (Å²) in [5.74, 6) is 0.850. The number of nitrogens with zero attached hydrogens (tertiary/aromatic N) is 1. The van der Waals surface area contributed by atoms with Crippen molar-refractivity contribution in [1.82, 2.24) is 4.90 Å². The second kappa shape index (κ2) is 11.1. The molecule has 0 unspecified atom stereocenters. The number of nitrogens with one attached hydrogen (secondary N) is 1. The fourth-order valence-electron chi connectivity index (χ4n) is 4.04. The molecule has 3 rings (SSSR count). The normalized spacial score (nSPS) is 15.3. The quantitative estimate of drug-likeness (QED) is 0.441. The molecule has 2 aromatic carbocycles. The zero-order valence-electron chi connectivity index (χ0n) is 18.3. The average Bonchev–Trinajstić information content (AvgIpc) is 2.77. The first-order valence-corrected chi connectivity index (χ1v) is 11.2. The molecule has 0 aliphatic carbocycles. The molecule has 0 saturated carbocycles. The number of amides is 1. The summed E-state index contributed by atoms with van der Waals surface area (Å²) in [5, 5.41) is 3.01. The Hall–Kier alpha value is -2.46. The summed E-state index contributed by atoms with van der Waals surface area (Å²) in [4.78, 5) is 26.7. The third-order valence-electron chi connectivity index (χ3n) is 5.96. The Balaban J connectivity index is 1.39. The van der Waals surface area contributed by atoms with Crippen molar-refractivity contribution in [1.29, 1.82) is 0 Å². The number of unbranched alkanes of at least 4 members (excludes halogenated alkanes) is 1. The Bertz CT molecular complexity index is 824. The number of hydrogen-bond acceptors (Lipinski definition) is 3. The summed E-state index contributed by atoms with van der Waals surface area (Å²) in [5.41, 5.74) is 3.05. The van der Waals surface area contributed by atoms with Gasteiger partial charge in [-0.2, -0.15) is 0 Å². The van der Waals surface area contributed by atoms with Gasteiger partial charge in [0, 0.05) is 23.6 Å². The second-order valence-corrected chi connectivity index (χ2v) is 8.63. The number of anilines is 1. The van der Waals surface area contributed by atoms with Crippen LogP contribution in [-0.4, -0.2) is 36.2 Å². The van der Waals surface area contributed by atoms with Crippen LogP contribution in [0, 0.1) is 5.92 Å². The largest absolute Gasteiger partial charge is 0.326 e. The van der Waals surface area contributed by atoms with Gasteiger partial charge >= 0.3 is 0 Å². The predicted octanol–water partition coefficient (Wildman–Crippen LogP) is 5.51. The van der Waals surface area contributed by atoms with Crippen LogP contribution >= 0.6 is 0 Å². The number of piperidine rings is 1. The van der Waals surface area contributed by atoms with Crippen LogP contribution in [0.5, 0.6) is 0 Å². The van der Waals surface area contributed by atoms with Crippen LogP contribution in [0.4, 0.5) is 5.69 Å². The van der Waals surface area contributed by atoms with Gasteiger partial charge < -0.3 is 10.2 Å². The van der Waals surface area contributed by atoms with Crippen molar-refractivity contribution < 1.29 is 9.59 Å². The number of hydrogen-bond donors (Lipinski definition) is 1. The summed E-state index contributed by atoms with van der Waals surface area (Å²) >= 11 is 0. The van der Waals surface area contributed by atoms with Crippen molar-refractivity contribution in [3.05, 3.63) is 65.7 Å². The van der Waals surface area contributed by atoms with E-state index < -0.39 is 0 Å². The minimum atomic E-state index is -0.0140. The van der Waals surface area contributed by atoms with Crippen LogP contribution in [0.3, 0.4) is 0 Å². The number of benzene rings is 2. The maximum Gasteiger partial charge on any atom is 0.226 e. The van der Waals surface area contributed by atoms with E-state index in [0.29, 0.717) is 12.3 Å². The molecule has 4 heteroatoms. The van der Waals surface area contributed by atoms with Gasteiger partial charge in [-0.3, -0.25) is 9.59 Å². The van der Waals surface area contributed by atoms with E-state index in [4.69, 9.17) is 0 Å². The fourth-order valence-corrected chi connectivity index (χ4v) is 4.04. The number of ketones is 1. The molecule has 1 saturated heterocycles. The minimum Gasteiger partial charge on any atom is -0.326 e. The van der Waals surface area contributed by atoms with Crippen LogP contribution < -0.4 is 5.32 Å². The monoisotopic (exact) mass is 406 g/mol. The highest BCUT2D eigenvalue weighted by Gasteiger charge is 2.21. The summed E-state index contributed by atoms with van der Waals surface area (Å²) in [6.45, 7) is 7.08. The van der Waals surface area contributed by atoms with Gasteiger partial charge in [-0.25, -0.2) is 0 Å². The van der Waals surface area contributed by atoms with E-state index in [-0.39, 0.29) is 17.6 Å². The first kappa shape index (κ1) is 22.2. The third-order valence-corrected chi connectivity index (χ3v) is 5.96. The molecule has 0 radical (unpaired) electrons. The van der Waals surface area contributed by atoms with Crippen LogP contribution in [-0.2, 0) is 4.79 Å². The number of carbonyl (C=O) groups is 2. The van der Waals surface area contributed by atoms with Gasteiger partial charge in [0.2, 0.25) is 5.91 Å². The first-order valence-electron chi connectivity index (χ1n) is 11.2. The summed E-state index contributed by atoms with van der Waals surface area (Å²) in [7, 11) is 0. The summed E-state index contributed by atoms with van der Waals surface area (Å²) in [6.07, 6.45) is 4.94. The number of Topliss-reactive ketones (excluding diaryl/α,β-unsaturated/α-hetero) is 1. The molecule has 0 aromatic heterocycles. The number of likely N-dealkylation sites (tertiary alicyclic amines) is 1. The number of carbonyl (C=O) groups excluding carboxylic acids is 2. The van der Waals surface area contributed by atoms with Gasteiger partial charge in [0.1, 0.15) is 0 Å². The van der Waals surface area contributed by atoms with Crippen molar-refractivity contribution >= 4 is 17.4 Å². The zero-order chi connectivity index (χ0) is 21.3. The average molecular weight is 407 g/mol. The molecule has 1 heterocycles. The predicted molar refractivity (Wildman–Crippen MR) is 123 cm³/mol. The van der Waals surface area contributed by atoms with Crippen molar-refractivity contribution in [2.24, 2.45) is 5.92 Å². The van der Waals surface area contributed by atoms with E-state index >= 15 is 0 Å². The lowest BCUT2D eigenvalue weighted by atomic mass is 9.89. The lowest BCUT2D eigenvalue weighted by molar-refractivity contribution is -0.118. The molecule has 0 atom stereocenters. The SMILES string of the molecule is CC(C)C(=O)Nc1cccc(C2CCN(CCCCC(=O)c3ccccc3)CC2)c1. The van der Waals surface area contributed by atoms with Crippen molar-refractivity contribution in [2.45, 2.75) is 51.9 Å². The van der Waals surface area contributed by atoms with Crippen LogP contribution in [0.2, 0.25) is 0 Å². The third kappa shape index (κ3) is 6.53. The molecule has 1 aliphatic heterocycles. The van der Waals surface area contributed by atoms with Gasteiger partial charge in [-0.1, -0.05) is 56.3 Å². The smallest absolute Gasteiger partial charge is 0.226 e. The summed E-state index contributed by atoms with van der Waals surface area (Å²) < 4.78 is 0. The molecule has 0 bridgehead atoms. The highest BCUT2D eigenvalue weighted by molar-refractivity contribution is 5.95. The highest BCUT2D eigenvalue weighted by atomic mass is 16.1. The van der Waals surface area contributed by atoms with Gasteiger partial charge in [0.15, 0.2) is 5.78 Å². The fraction of sp³-hybridized carbons (Fsp3) is 0.462. The maximum absolute atomic E-state index is 12.2. The van der Waals surface area contributed by atoms with Crippen molar-refractivity contribution in [3.8, 4) is 0 Å². The van der Waals surface area contributed by atoms with Gasteiger partial charge in [0.25, 0.3) is 0 Å². The van der Waals surface area contributed by atoms with Crippen molar-refractivity contribution in [2.75, 3.05) is 25.0 Å². The lowest BCUT2D eigenvalue weighted by Crippen LogP contribution is -2.33. The van der Waals surface area contributed by atoms with E-state index in [0.717, 1.165) is 56.6 Å². The molecule has 160 valence electrons. The zero-order valence-corrected chi connectivity index (χ0v) is 18.3. The van der Waals surface area contributed by atoms with E-state index in [1.807, 2.05) is 56.3 Å². The molecular formula is C26H34N2O2. The summed E-state index contributed by atoms with van der Waals surface area (Å²) in [6, 6.07) is 17.9. The maximum atomic E-state index is 12.2. The topological polar surface area (TPSA) is 49.4 Å². The molecular weight excluding hydrogens is 372 g/mol. The van der Waals surface area contributed by atoms with Gasteiger partial charge in [0.05, 0.1) is 0 Å². The Labute approximate surface area is 180 Å². The molecule has 1 amide bonds. The molecule has 4 nitrogen and oxygen atoms in total. The Morgan fingerprint density at radius 2 is 1.73 bits per heavy atom. The number of rotatable bonds is 9. The molecule has 1 aliphatic rings. The second-order valence-electron chi connectivity index (χ2n) is 8.63. The van der Waals surface area contributed by atoms with Gasteiger partial charge in [-0.05, 0) is 68.9 Å². The standard InChI is InChI=1S/C26H34N2O2/c1-20(2)26(30)27-24-12-8-11-23(19-24)21-14-17-28(18-15-21)16-7-6-13-25(29)22-9-4-3-5-10-22/h3-5,8-12,19-21H,6-7,13-18H2,1-2H3,(H,27,30). The molecule has 1 N–H and O–H groups in total. The Kier molecular flexibility index (Phi) is 8.21. The first-order chi connectivity index (χ1) is 14.5. The van der Waals surface area contributed by atoms with Crippen molar-refractivity contribution in [3.63, 3.8) is 0 Å². The van der Waals surface area contributed by atoms with E-state index in [1.54, 1.807) is 0 Å². The van der Waals surface area contributed by atoms with E-state index in [2.05, 4.69) is 22.3 Å². The van der Waals surface area contributed by atoms with Crippen LogP contribution in [0.15, 0.2) is 54.6 Å². The van der Waals surface area contributed by atoms with Crippen LogP contribution in [0.1, 0.15) is 67.8 Å². The van der Waals surface area contributed by atoms with E-state index in [1.165, 1.54) is 5.56 Å². The molecule has 0 spiro atoms. The van der Waals surface area contributed by atoms with E-state index in [9.17, 15) is 9.59 Å². The Morgan fingerprint density at radius 1 is 1.00 bits per heavy atom. The Morgan fingerprint density at radius 3 is 2.43 bits per heavy atom. The minimum absolute atomic E-state index is 0.0140. The highest BCUT2D eigenvalue weighted by Crippen LogP contribution is 2.29. The lowest BCUT2D eigenvalue weighted by Gasteiger charge is -2.32.